The lowest BCUT2D eigenvalue weighted by Gasteiger charge is -2.21. The molecule has 1 aliphatic heterocycles. The summed E-state index contributed by atoms with van der Waals surface area (Å²) in [5, 5.41) is 0.477. The van der Waals surface area contributed by atoms with E-state index >= 15 is 0 Å². The molecule has 144 valence electrons. The molecule has 0 radical (unpaired) electrons. The van der Waals surface area contributed by atoms with Gasteiger partial charge in [-0.25, -0.2) is 0 Å². The summed E-state index contributed by atoms with van der Waals surface area (Å²) in [7, 11) is 0. The molecule has 0 bridgehead atoms. The largest absolute Gasteiger partial charge is 0.374 e. The van der Waals surface area contributed by atoms with Crippen LogP contribution in [0, 0.1) is 0 Å². The molecule has 2 nitrogen and oxygen atoms in total. The van der Waals surface area contributed by atoms with Gasteiger partial charge in [0, 0.05) is 21.5 Å². The Morgan fingerprint density at radius 3 is 2.44 bits per heavy atom. The summed E-state index contributed by atoms with van der Waals surface area (Å²) in [5.74, 6) is 0.393. The molecule has 2 aliphatic rings. The molecule has 2 aromatic carbocycles. The second-order valence-corrected chi connectivity index (χ2v) is 8.50. The van der Waals surface area contributed by atoms with Crippen LogP contribution in [-0.2, 0) is 4.74 Å². The molecule has 0 N–H and O–H groups in total. The number of hydrogen-bond acceptors (Lipinski definition) is 2. The van der Waals surface area contributed by atoms with Crippen LogP contribution in [-0.4, -0.2) is 18.0 Å². The normalized spacial score (nSPS) is 20.4. The lowest BCUT2D eigenvalue weighted by molar-refractivity contribution is 0.0101. The van der Waals surface area contributed by atoms with Crippen LogP contribution in [0.4, 0.5) is 0 Å². The van der Waals surface area contributed by atoms with E-state index < -0.39 is 0 Å². The summed E-state index contributed by atoms with van der Waals surface area (Å²) < 4.78 is 7.00. The van der Waals surface area contributed by atoms with Crippen LogP contribution in [0.2, 0.25) is 5.02 Å². The van der Waals surface area contributed by atoms with Crippen molar-refractivity contribution in [3.63, 3.8) is 0 Å². The van der Waals surface area contributed by atoms with E-state index in [4.69, 9.17) is 16.3 Å². The lowest BCUT2D eigenvalue weighted by Crippen LogP contribution is -2.22. The monoisotopic (exact) mass is 448 g/mol. The minimum atomic E-state index is -0.0483. The van der Waals surface area contributed by atoms with Crippen molar-refractivity contribution in [3.05, 3.63) is 68.7 Å². The molecule has 27 heavy (non-hydrogen) atoms. The highest BCUT2D eigenvalue weighted by Gasteiger charge is 2.42. The third-order valence-electron chi connectivity index (χ3n) is 5.54. The maximum Gasteiger partial charge on any atom is 0.194 e. The van der Waals surface area contributed by atoms with Gasteiger partial charge < -0.3 is 4.74 Å². The van der Waals surface area contributed by atoms with E-state index in [2.05, 4.69) is 28.1 Å². The fourth-order valence-corrected chi connectivity index (χ4v) is 4.72. The Balaban J connectivity index is 0.00000102. The first-order chi connectivity index (χ1) is 13.1. The molecule has 1 spiro atoms. The van der Waals surface area contributed by atoms with Gasteiger partial charge in [-0.3, -0.25) is 4.79 Å². The van der Waals surface area contributed by atoms with E-state index in [1.54, 1.807) is 12.1 Å². The molecule has 1 saturated heterocycles. The van der Waals surface area contributed by atoms with Crippen molar-refractivity contribution in [3.8, 4) is 0 Å². The predicted octanol–water partition coefficient (Wildman–Crippen LogP) is 7.18. The fourth-order valence-electron chi connectivity index (χ4n) is 4.16. The zero-order valence-electron chi connectivity index (χ0n) is 15.9. The van der Waals surface area contributed by atoms with E-state index in [0.717, 1.165) is 17.5 Å². The lowest BCUT2D eigenvalue weighted by atomic mass is 9.88. The predicted molar refractivity (Wildman–Crippen MR) is 115 cm³/mol. The second-order valence-electron chi connectivity index (χ2n) is 7.18. The summed E-state index contributed by atoms with van der Waals surface area (Å²) in [6, 6.07) is 13.3. The quantitative estimate of drug-likeness (QED) is 0.464. The van der Waals surface area contributed by atoms with Gasteiger partial charge in [0.25, 0.3) is 0 Å². The standard InChI is InChI=1S/C21H20BrClO2.C2H6/c22-17-7-8-19(23)18(11-17)20(24)15-5-3-14(4-6-15)16-12-21(25-13-16)9-1-2-10-21;1-2/h3-8,11,16H,1-2,9-10,12-13H2;1-2H3. The summed E-state index contributed by atoms with van der Waals surface area (Å²) in [4.78, 5) is 12.7. The molecule has 1 heterocycles. The highest BCUT2D eigenvalue weighted by Crippen LogP contribution is 2.46. The molecule has 2 aromatic rings. The first-order valence-corrected chi connectivity index (χ1v) is 11.0. The van der Waals surface area contributed by atoms with Crippen LogP contribution in [0.1, 0.15) is 73.4 Å². The third kappa shape index (κ3) is 4.47. The number of carbonyl (C=O) groups excluding carboxylic acids is 1. The van der Waals surface area contributed by atoms with E-state index in [1.165, 1.54) is 31.2 Å². The highest BCUT2D eigenvalue weighted by molar-refractivity contribution is 9.10. The van der Waals surface area contributed by atoms with Crippen LogP contribution in [0.3, 0.4) is 0 Å². The minimum Gasteiger partial charge on any atom is -0.374 e. The molecular weight excluding hydrogens is 424 g/mol. The van der Waals surface area contributed by atoms with Gasteiger partial charge >= 0.3 is 0 Å². The maximum absolute atomic E-state index is 12.7. The topological polar surface area (TPSA) is 26.3 Å². The number of rotatable bonds is 3. The molecule has 4 rings (SSSR count). The van der Waals surface area contributed by atoms with E-state index in [1.807, 2.05) is 32.0 Å². The van der Waals surface area contributed by atoms with Crippen LogP contribution in [0.5, 0.6) is 0 Å². The Hall–Kier alpha value is -1.16. The van der Waals surface area contributed by atoms with Crippen molar-refractivity contribution in [1.82, 2.24) is 0 Å². The maximum atomic E-state index is 12.7. The van der Waals surface area contributed by atoms with E-state index in [9.17, 15) is 4.79 Å². The zero-order chi connectivity index (χ0) is 19.4. The fraction of sp³-hybridized carbons (Fsp3) is 0.435. The average molecular weight is 450 g/mol. The van der Waals surface area contributed by atoms with Gasteiger partial charge in [-0.15, -0.1) is 0 Å². The first kappa shape index (κ1) is 20.6. The van der Waals surface area contributed by atoms with E-state index in [0.29, 0.717) is 22.1 Å². The number of ether oxygens (including phenoxy) is 1. The molecule has 1 unspecified atom stereocenters. The van der Waals surface area contributed by atoms with Gasteiger partial charge in [0.05, 0.1) is 17.2 Å². The van der Waals surface area contributed by atoms with Gasteiger partial charge in [0.2, 0.25) is 0 Å². The molecule has 0 aromatic heterocycles. The van der Waals surface area contributed by atoms with Gasteiger partial charge in [0.1, 0.15) is 0 Å². The second kappa shape index (κ2) is 8.89. The smallest absolute Gasteiger partial charge is 0.194 e. The molecule has 4 heteroatoms. The minimum absolute atomic E-state index is 0.0483. The number of ketones is 1. The van der Waals surface area contributed by atoms with Crippen molar-refractivity contribution < 1.29 is 9.53 Å². The molecule has 1 atom stereocenters. The van der Waals surface area contributed by atoms with Crippen molar-refractivity contribution >= 4 is 33.3 Å². The highest BCUT2D eigenvalue weighted by atomic mass is 79.9. The molecular formula is C23H26BrClO2. The summed E-state index contributed by atoms with van der Waals surface area (Å²) >= 11 is 9.58. The van der Waals surface area contributed by atoms with Crippen LogP contribution in [0.25, 0.3) is 0 Å². The van der Waals surface area contributed by atoms with Crippen LogP contribution < -0.4 is 0 Å². The van der Waals surface area contributed by atoms with Gasteiger partial charge in [-0.05, 0) is 43.0 Å². The van der Waals surface area contributed by atoms with Gasteiger partial charge in [-0.2, -0.15) is 0 Å². The van der Waals surface area contributed by atoms with Gasteiger partial charge in [-0.1, -0.05) is 78.5 Å². The number of hydrogen-bond donors (Lipinski definition) is 0. The molecule has 1 aliphatic carbocycles. The van der Waals surface area contributed by atoms with E-state index in [-0.39, 0.29) is 11.4 Å². The number of carbonyl (C=O) groups is 1. The Morgan fingerprint density at radius 2 is 1.78 bits per heavy atom. The zero-order valence-corrected chi connectivity index (χ0v) is 18.3. The van der Waals surface area contributed by atoms with Crippen LogP contribution >= 0.6 is 27.5 Å². The SMILES string of the molecule is CC.O=C(c1ccc(C2COC3(CCCC3)C2)cc1)c1cc(Br)ccc1Cl. The molecule has 0 amide bonds. The van der Waals surface area contributed by atoms with Crippen molar-refractivity contribution in [2.24, 2.45) is 0 Å². The van der Waals surface area contributed by atoms with Crippen molar-refractivity contribution in [1.29, 1.82) is 0 Å². The Morgan fingerprint density at radius 1 is 1.11 bits per heavy atom. The number of halogens is 2. The Labute approximate surface area is 175 Å². The van der Waals surface area contributed by atoms with Crippen LogP contribution in [0.15, 0.2) is 46.9 Å². The Kier molecular flexibility index (Phi) is 6.78. The third-order valence-corrected chi connectivity index (χ3v) is 6.36. The first-order valence-electron chi connectivity index (χ1n) is 9.80. The average Bonchev–Trinajstić information content (AvgIpc) is 3.35. The van der Waals surface area contributed by atoms with Crippen molar-refractivity contribution in [2.45, 2.75) is 57.5 Å². The summed E-state index contributed by atoms with van der Waals surface area (Å²) in [6.45, 7) is 4.80. The molecule has 2 fully saturated rings. The van der Waals surface area contributed by atoms with Gasteiger partial charge in [0.15, 0.2) is 5.78 Å². The summed E-state index contributed by atoms with van der Waals surface area (Å²) in [6.07, 6.45) is 6.07. The van der Waals surface area contributed by atoms with Crippen molar-refractivity contribution in [2.75, 3.05) is 6.61 Å². The number of benzene rings is 2. The molecule has 1 saturated carbocycles. The Bertz CT molecular complexity index is 795. The summed E-state index contributed by atoms with van der Waals surface area (Å²) in [5.41, 5.74) is 2.58.